The Morgan fingerprint density at radius 3 is 2.56 bits per heavy atom. The molecular weight excluding hydrogens is 362 g/mol. The lowest BCUT2D eigenvalue weighted by Crippen LogP contribution is -2.14. The van der Waals surface area contributed by atoms with Gasteiger partial charge in [0.15, 0.2) is 5.78 Å². The Balaban J connectivity index is 1.61. The molecule has 0 spiro atoms. The van der Waals surface area contributed by atoms with Crippen molar-refractivity contribution in [2.75, 3.05) is 17.0 Å². The van der Waals surface area contributed by atoms with Crippen LogP contribution in [0, 0.1) is 6.92 Å². The number of nitrogens with zero attached hydrogens (tertiary/aromatic N) is 5. The normalized spacial score (nSPS) is 11.4. The fourth-order valence-electron chi connectivity index (χ4n) is 2.20. The Kier molecular flexibility index (Phi) is 5.82. The third-order valence-electron chi connectivity index (χ3n) is 3.79. The van der Waals surface area contributed by atoms with E-state index in [2.05, 4.69) is 25.7 Å². The number of hydrazone groups is 1. The van der Waals surface area contributed by atoms with Gasteiger partial charge < -0.3 is 5.84 Å². The first kappa shape index (κ1) is 18.6. The number of Topliss-reactive ketones (excluding diaryl/α,β-unsaturated/α-hetero) is 1. The van der Waals surface area contributed by atoms with Crippen LogP contribution < -0.4 is 11.3 Å². The third kappa shape index (κ3) is 4.70. The summed E-state index contributed by atoms with van der Waals surface area (Å²) in [6.45, 7) is 3.84. The van der Waals surface area contributed by atoms with Gasteiger partial charge >= 0.3 is 0 Å². The molecule has 0 amide bonds. The quantitative estimate of drug-likeness (QED) is 0.213. The van der Waals surface area contributed by atoms with Gasteiger partial charge in [0, 0.05) is 23.5 Å². The highest BCUT2D eigenvalue weighted by molar-refractivity contribution is 7.99. The van der Waals surface area contributed by atoms with Gasteiger partial charge in [-0.25, -0.2) is 10.1 Å². The molecule has 2 heterocycles. The first-order valence-electron chi connectivity index (χ1n) is 8.18. The van der Waals surface area contributed by atoms with E-state index in [1.54, 1.807) is 12.4 Å². The van der Waals surface area contributed by atoms with Crippen molar-refractivity contribution in [2.24, 2.45) is 5.10 Å². The van der Waals surface area contributed by atoms with Gasteiger partial charge in [0.2, 0.25) is 5.16 Å². The number of nitrogen functional groups attached to an aromatic ring is 1. The van der Waals surface area contributed by atoms with Gasteiger partial charge in [-0.2, -0.15) is 5.10 Å². The lowest BCUT2D eigenvalue weighted by Gasteiger charge is -2.04. The Morgan fingerprint density at radius 2 is 1.85 bits per heavy atom. The van der Waals surface area contributed by atoms with Gasteiger partial charge in [0.05, 0.1) is 11.5 Å². The standard InChI is InChI=1S/C18H19N7OS/c1-12-3-5-15(6-4-12)16(26)11-27-18-24-23-17(25(18)19)22-21-13(2)14-7-9-20-10-8-14/h3-10H,11,19H2,1-2H3,(H,22,23)/b21-13-. The van der Waals surface area contributed by atoms with Crippen LogP contribution in [0.4, 0.5) is 5.95 Å². The second-order valence-electron chi connectivity index (χ2n) is 5.80. The number of rotatable bonds is 7. The van der Waals surface area contributed by atoms with Crippen LogP contribution in [0.15, 0.2) is 59.0 Å². The maximum atomic E-state index is 12.3. The van der Waals surface area contributed by atoms with Crippen LogP contribution in [0.5, 0.6) is 0 Å². The number of anilines is 1. The second kappa shape index (κ2) is 8.45. The fraction of sp³-hybridized carbons (Fsp3) is 0.167. The molecule has 3 aromatic rings. The Bertz CT molecular complexity index is 952. The van der Waals surface area contributed by atoms with Gasteiger partial charge in [0.25, 0.3) is 5.95 Å². The average Bonchev–Trinajstić information content (AvgIpc) is 3.05. The van der Waals surface area contributed by atoms with E-state index in [-0.39, 0.29) is 17.5 Å². The largest absolute Gasteiger partial charge is 0.334 e. The number of nitrogens with one attached hydrogen (secondary N) is 1. The average molecular weight is 381 g/mol. The predicted octanol–water partition coefficient (Wildman–Crippen LogP) is 2.51. The van der Waals surface area contributed by atoms with E-state index < -0.39 is 0 Å². The highest BCUT2D eigenvalue weighted by atomic mass is 32.2. The van der Waals surface area contributed by atoms with Crippen molar-refractivity contribution in [1.82, 2.24) is 19.9 Å². The molecule has 0 unspecified atom stereocenters. The summed E-state index contributed by atoms with van der Waals surface area (Å²) in [7, 11) is 0. The molecule has 9 heteroatoms. The van der Waals surface area contributed by atoms with Crippen molar-refractivity contribution in [3.63, 3.8) is 0 Å². The van der Waals surface area contributed by atoms with Crippen LogP contribution in [0.25, 0.3) is 0 Å². The highest BCUT2D eigenvalue weighted by Crippen LogP contribution is 2.18. The van der Waals surface area contributed by atoms with Crippen molar-refractivity contribution in [2.45, 2.75) is 19.0 Å². The van der Waals surface area contributed by atoms with E-state index in [1.807, 2.05) is 50.2 Å². The summed E-state index contributed by atoms with van der Waals surface area (Å²) in [5.41, 5.74) is 6.24. The number of pyridine rings is 1. The number of thioether (sulfide) groups is 1. The fourth-order valence-corrected chi connectivity index (χ4v) is 2.95. The molecule has 3 rings (SSSR count). The van der Waals surface area contributed by atoms with Gasteiger partial charge in [-0.1, -0.05) is 41.6 Å². The van der Waals surface area contributed by atoms with Crippen LogP contribution in [-0.4, -0.2) is 37.1 Å². The summed E-state index contributed by atoms with van der Waals surface area (Å²) in [5, 5.41) is 12.6. The number of aromatic nitrogens is 4. The zero-order chi connectivity index (χ0) is 19.2. The topological polar surface area (TPSA) is 111 Å². The highest BCUT2D eigenvalue weighted by Gasteiger charge is 2.13. The zero-order valence-electron chi connectivity index (χ0n) is 15.0. The van der Waals surface area contributed by atoms with E-state index in [1.165, 1.54) is 16.4 Å². The first-order valence-corrected chi connectivity index (χ1v) is 9.17. The minimum absolute atomic E-state index is 0.00376. The molecule has 138 valence electrons. The van der Waals surface area contributed by atoms with Crippen LogP contribution >= 0.6 is 11.8 Å². The SMILES string of the molecule is C/C(=N/Nc1nnc(SCC(=O)c2ccc(C)cc2)n1N)c1ccncc1. The lowest BCUT2D eigenvalue weighted by atomic mass is 10.1. The molecular formula is C18H19N7OS. The second-order valence-corrected chi connectivity index (χ2v) is 6.74. The molecule has 0 atom stereocenters. The molecule has 0 aliphatic carbocycles. The maximum absolute atomic E-state index is 12.3. The molecule has 0 bridgehead atoms. The number of ketones is 1. The maximum Gasteiger partial charge on any atom is 0.264 e. The monoisotopic (exact) mass is 381 g/mol. The summed E-state index contributed by atoms with van der Waals surface area (Å²) in [5.74, 6) is 6.50. The molecule has 1 aromatic carbocycles. The molecule has 0 saturated carbocycles. The van der Waals surface area contributed by atoms with Crippen molar-refractivity contribution in [3.05, 3.63) is 65.5 Å². The molecule has 0 aliphatic rings. The first-order chi connectivity index (χ1) is 13.0. The van der Waals surface area contributed by atoms with Crippen molar-refractivity contribution >= 4 is 29.2 Å². The summed E-state index contributed by atoms with van der Waals surface area (Å²) < 4.78 is 1.27. The van der Waals surface area contributed by atoms with Crippen LogP contribution in [0.3, 0.4) is 0 Å². The van der Waals surface area contributed by atoms with Gasteiger partial charge in [-0.05, 0) is 26.0 Å². The van der Waals surface area contributed by atoms with E-state index in [4.69, 9.17) is 5.84 Å². The molecule has 0 saturated heterocycles. The van der Waals surface area contributed by atoms with Crippen LogP contribution in [0.2, 0.25) is 0 Å². The summed E-state index contributed by atoms with van der Waals surface area (Å²) in [4.78, 5) is 16.2. The predicted molar refractivity (Wildman–Crippen MR) is 106 cm³/mol. The van der Waals surface area contributed by atoms with Crippen molar-refractivity contribution in [1.29, 1.82) is 0 Å². The Labute approximate surface area is 160 Å². The van der Waals surface area contributed by atoms with Crippen LogP contribution in [-0.2, 0) is 0 Å². The Morgan fingerprint density at radius 1 is 1.15 bits per heavy atom. The number of carbonyl (C=O) groups is 1. The molecule has 2 aromatic heterocycles. The molecule has 0 aliphatic heterocycles. The molecule has 8 nitrogen and oxygen atoms in total. The number of carbonyl (C=O) groups excluding carboxylic acids is 1. The third-order valence-corrected chi connectivity index (χ3v) is 4.74. The van der Waals surface area contributed by atoms with Gasteiger partial charge in [-0.15, -0.1) is 10.2 Å². The number of hydrogen-bond acceptors (Lipinski definition) is 8. The Hall–Kier alpha value is -3.20. The van der Waals surface area contributed by atoms with Crippen LogP contribution in [0.1, 0.15) is 28.4 Å². The number of benzene rings is 1. The summed E-state index contributed by atoms with van der Waals surface area (Å²) >= 11 is 1.22. The van der Waals surface area contributed by atoms with Gasteiger partial charge in [0.1, 0.15) is 0 Å². The minimum Gasteiger partial charge on any atom is -0.334 e. The molecule has 0 radical (unpaired) electrons. The molecule has 27 heavy (non-hydrogen) atoms. The van der Waals surface area contributed by atoms with E-state index in [0.29, 0.717) is 10.7 Å². The van der Waals surface area contributed by atoms with E-state index >= 15 is 0 Å². The molecule has 0 fully saturated rings. The summed E-state index contributed by atoms with van der Waals surface area (Å²) in [6, 6.07) is 11.2. The minimum atomic E-state index is 0.00376. The zero-order valence-corrected chi connectivity index (χ0v) is 15.8. The van der Waals surface area contributed by atoms with Gasteiger partial charge in [-0.3, -0.25) is 9.78 Å². The number of aryl methyl sites for hydroxylation is 1. The van der Waals surface area contributed by atoms with Crippen molar-refractivity contribution in [3.8, 4) is 0 Å². The van der Waals surface area contributed by atoms with E-state index in [9.17, 15) is 4.79 Å². The number of nitrogens with two attached hydrogens (primary N) is 1. The summed E-state index contributed by atoms with van der Waals surface area (Å²) in [6.07, 6.45) is 3.39. The van der Waals surface area contributed by atoms with E-state index in [0.717, 1.165) is 16.8 Å². The lowest BCUT2D eigenvalue weighted by molar-refractivity contribution is 0.102. The number of hydrogen-bond donors (Lipinski definition) is 2. The smallest absolute Gasteiger partial charge is 0.264 e. The molecule has 3 N–H and O–H groups in total. The van der Waals surface area contributed by atoms with Crippen molar-refractivity contribution < 1.29 is 4.79 Å².